The summed E-state index contributed by atoms with van der Waals surface area (Å²) >= 11 is 0. The number of aryl methyl sites for hydroxylation is 4. The number of amides is 2. The maximum Gasteiger partial charge on any atom is 0.313 e. The number of nitrogens with one attached hydrogen (secondary N) is 2. The quantitative estimate of drug-likeness (QED) is 0.695. The Morgan fingerprint density at radius 1 is 0.968 bits per heavy atom. The standard InChI is InChI=1S/C23H29N3O4S/c1-15-7-8-18(4)21(13-15)31(29,30)26-9-5-6-20(26)14-24-22(27)23(28)25-19-11-16(2)10-17(3)12-19/h7-8,10-13,20H,5-6,9,14H2,1-4H3,(H,24,27)(H,25,28)/t20-/m1/s1. The van der Waals surface area contributed by atoms with Crippen molar-refractivity contribution in [3.8, 4) is 0 Å². The van der Waals surface area contributed by atoms with Crippen LogP contribution in [0, 0.1) is 27.7 Å². The lowest BCUT2D eigenvalue weighted by molar-refractivity contribution is -0.136. The highest BCUT2D eigenvalue weighted by atomic mass is 32.2. The molecule has 1 heterocycles. The number of anilines is 1. The van der Waals surface area contributed by atoms with Crippen LogP contribution < -0.4 is 10.6 Å². The Hall–Kier alpha value is -2.71. The first-order chi connectivity index (χ1) is 14.6. The van der Waals surface area contributed by atoms with Crippen molar-refractivity contribution in [3.05, 3.63) is 58.7 Å². The van der Waals surface area contributed by atoms with Gasteiger partial charge in [-0.1, -0.05) is 18.2 Å². The van der Waals surface area contributed by atoms with Gasteiger partial charge in [-0.25, -0.2) is 8.42 Å². The Morgan fingerprint density at radius 2 is 1.65 bits per heavy atom. The van der Waals surface area contributed by atoms with E-state index in [4.69, 9.17) is 0 Å². The minimum Gasteiger partial charge on any atom is -0.346 e. The molecule has 0 spiro atoms. The summed E-state index contributed by atoms with van der Waals surface area (Å²) in [5.41, 5.74) is 4.07. The molecule has 1 atom stereocenters. The predicted octanol–water partition coefficient (Wildman–Crippen LogP) is 2.83. The smallest absolute Gasteiger partial charge is 0.313 e. The molecule has 0 unspecified atom stereocenters. The SMILES string of the molecule is Cc1cc(C)cc(NC(=O)C(=O)NC[C@H]2CCCN2S(=O)(=O)c2cc(C)ccc2C)c1. The molecule has 2 aromatic rings. The maximum atomic E-state index is 13.2. The molecule has 8 heteroatoms. The number of nitrogens with zero attached hydrogens (tertiary/aromatic N) is 1. The average molecular weight is 444 g/mol. The molecule has 0 aliphatic carbocycles. The summed E-state index contributed by atoms with van der Waals surface area (Å²) in [7, 11) is -3.69. The molecular weight excluding hydrogens is 414 g/mol. The molecule has 1 aliphatic heterocycles. The van der Waals surface area contributed by atoms with Crippen LogP contribution in [0.1, 0.15) is 35.1 Å². The van der Waals surface area contributed by atoms with Crippen LogP contribution in [0.3, 0.4) is 0 Å². The van der Waals surface area contributed by atoms with E-state index in [1.807, 2.05) is 32.9 Å². The van der Waals surface area contributed by atoms with Crippen LogP contribution in [-0.2, 0) is 19.6 Å². The number of sulfonamides is 1. The number of hydrogen-bond acceptors (Lipinski definition) is 4. The van der Waals surface area contributed by atoms with E-state index in [0.29, 0.717) is 35.5 Å². The van der Waals surface area contributed by atoms with Crippen molar-refractivity contribution in [2.45, 2.75) is 51.5 Å². The zero-order valence-electron chi connectivity index (χ0n) is 18.4. The highest BCUT2D eigenvalue weighted by molar-refractivity contribution is 7.89. The molecule has 0 radical (unpaired) electrons. The topological polar surface area (TPSA) is 95.6 Å². The van der Waals surface area contributed by atoms with Crippen molar-refractivity contribution in [1.29, 1.82) is 0 Å². The molecule has 31 heavy (non-hydrogen) atoms. The van der Waals surface area contributed by atoms with Gasteiger partial charge in [-0.15, -0.1) is 0 Å². The van der Waals surface area contributed by atoms with Crippen molar-refractivity contribution in [3.63, 3.8) is 0 Å². The van der Waals surface area contributed by atoms with E-state index in [2.05, 4.69) is 10.6 Å². The van der Waals surface area contributed by atoms with Crippen LogP contribution in [0.5, 0.6) is 0 Å². The summed E-state index contributed by atoms with van der Waals surface area (Å²) in [5, 5.41) is 5.19. The van der Waals surface area contributed by atoms with Crippen LogP contribution in [0.2, 0.25) is 0 Å². The van der Waals surface area contributed by atoms with Crippen LogP contribution in [0.15, 0.2) is 41.3 Å². The van der Waals surface area contributed by atoms with Gasteiger partial charge in [0, 0.05) is 24.8 Å². The number of rotatable bonds is 5. The molecule has 1 saturated heterocycles. The van der Waals surface area contributed by atoms with E-state index in [1.165, 1.54) is 4.31 Å². The molecule has 0 bridgehead atoms. The molecule has 0 saturated carbocycles. The third-order valence-electron chi connectivity index (χ3n) is 5.44. The van der Waals surface area contributed by atoms with E-state index in [9.17, 15) is 18.0 Å². The molecule has 2 amide bonds. The zero-order valence-corrected chi connectivity index (χ0v) is 19.2. The van der Waals surface area contributed by atoms with Crippen LogP contribution >= 0.6 is 0 Å². The first kappa shape index (κ1) is 23.0. The Balaban J connectivity index is 1.66. The lowest BCUT2D eigenvalue weighted by atomic mass is 10.1. The molecular formula is C23H29N3O4S. The van der Waals surface area contributed by atoms with Crippen molar-refractivity contribution < 1.29 is 18.0 Å². The van der Waals surface area contributed by atoms with E-state index >= 15 is 0 Å². The third-order valence-corrected chi connectivity index (χ3v) is 7.53. The Kier molecular flexibility index (Phi) is 6.81. The van der Waals surface area contributed by atoms with Crippen molar-refractivity contribution in [1.82, 2.24) is 9.62 Å². The fourth-order valence-corrected chi connectivity index (χ4v) is 5.97. The molecule has 0 aromatic heterocycles. The highest BCUT2D eigenvalue weighted by Crippen LogP contribution is 2.28. The van der Waals surface area contributed by atoms with E-state index in [-0.39, 0.29) is 12.6 Å². The van der Waals surface area contributed by atoms with Crippen molar-refractivity contribution in [2.24, 2.45) is 0 Å². The monoisotopic (exact) mass is 443 g/mol. The Morgan fingerprint density at radius 3 is 2.32 bits per heavy atom. The lowest BCUT2D eigenvalue weighted by Gasteiger charge is -2.25. The van der Waals surface area contributed by atoms with Crippen LogP contribution in [0.25, 0.3) is 0 Å². The highest BCUT2D eigenvalue weighted by Gasteiger charge is 2.36. The normalized spacial score (nSPS) is 16.8. The second-order valence-electron chi connectivity index (χ2n) is 8.22. The van der Waals surface area contributed by atoms with Gasteiger partial charge in [0.2, 0.25) is 10.0 Å². The molecule has 166 valence electrons. The summed E-state index contributed by atoms with van der Waals surface area (Å²) < 4.78 is 27.9. The van der Waals surface area contributed by atoms with Gasteiger partial charge in [0.05, 0.1) is 4.90 Å². The number of benzene rings is 2. The number of carbonyl (C=O) groups excluding carboxylic acids is 2. The summed E-state index contributed by atoms with van der Waals surface area (Å²) in [4.78, 5) is 24.9. The molecule has 1 fully saturated rings. The van der Waals surface area contributed by atoms with Gasteiger partial charge in [0.25, 0.3) is 0 Å². The van der Waals surface area contributed by atoms with Gasteiger partial charge in [0.15, 0.2) is 0 Å². The second kappa shape index (κ2) is 9.20. The molecule has 7 nitrogen and oxygen atoms in total. The van der Waals surface area contributed by atoms with Gasteiger partial charge in [-0.05, 0) is 81.0 Å². The van der Waals surface area contributed by atoms with Crippen LogP contribution in [-0.4, -0.2) is 43.7 Å². The summed E-state index contributed by atoms with van der Waals surface area (Å²) in [6, 6.07) is 10.5. The van der Waals surface area contributed by atoms with E-state index in [1.54, 1.807) is 31.2 Å². The molecule has 3 rings (SSSR count). The van der Waals surface area contributed by atoms with Gasteiger partial charge in [0.1, 0.15) is 0 Å². The van der Waals surface area contributed by atoms with E-state index < -0.39 is 21.8 Å². The van der Waals surface area contributed by atoms with Crippen molar-refractivity contribution in [2.75, 3.05) is 18.4 Å². The minimum absolute atomic E-state index is 0.0865. The van der Waals surface area contributed by atoms with Gasteiger partial charge in [-0.3, -0.25) is 9.59 Å². The molecule has 2 aromatic carbocycles. The minimum atomic E-state index is -3.69. The largest absolute Gasteiger partial charge is 0.346 e. The molecule has 1 aliphatic rings. The van der Waals surface area contributed by atoms with E-state index in [0.717, 1.165) is 16.7 Å². The predicted molar refractivity (Wildman–Crippen MR) is 120 cm³/mol. The first-order valence-corrected chi connectivity index (χ1v) is 11.8. The lowest BCUT2D eigenvalue weighted by Crippen LogP contribution is -2.45. The Bertz CT molecular complexity index is 1090. The molecule has 2 N–H and O–H groups in total. The Labute approximate surface area is 183 Å². The maximum absolute atomic E-state index is 13.2. The van der Waals surface area contributed by atoms with Crippen LogP contribution in [0.4, 0.5) is 5.69 Å². The van der Waals surface area contributed by atoms with Gasteiger partial charge >= 0.3 is 11.8 Å². The summed E-state index contributed by atoms with van der Waals surface area (Å²) in [6.07, 6.45) is 1.34. The van der Waals surface area contributed by atoms with Crippen molar-refractivity contribution >= 4 is 27.5 Å². The van der Waals surface area contributed by atoms with Gasteiger partial charge < -0.3 is 10.6 Å². The third kappa shape index (κ3) is 5.32. The first-order valence-electron chi connectivity index (χ1n) is 10.3. The van der Waals surface area contributed by atoms with Gasteiger partial charge in [-0.2, -0.15) is 4.31 Å². The fourth-order valence-electron chi connectivity index (χ4n) is 3.97. The second-order valence-corrected chi connectivity index (χ2v) is 10.1. The number of hydrogen-bond donors (Lipinski definition) is 2. The average Bonchev–Trinajstić information content (AvgIpc) is 3.16. The summed E-state index contributed by atoms with van der Waals surface area (Å²) in [5.74, 6) is -1.55. The number of carbonyl (C=O) groups is 2. The summed E-state index contributed by atoms with van der Waals surface area (Å²) in [6.45, 7) is 7.93. The fraction of sp³-hybridized carbons (Fsp3) is 0.391. The zero-order chi connectivity index (χ0) is 22.8.